The lowest BCUT2D eigenvalue weighted by Gasteiger charge is -2.07. The second-order valence-electron chi connectivity index (χ2n) is 4.99. The first-order chi connectivity index (χ1) is 10.6. The molecule has 0 spiro atoms. The van der Waals surface area contributed by atoms with Crippen LogP contribution < -0.4 is 11.1 Å². The van der Waals surface area contributed by atoms with Crippen molar-refractivity contribution >= 4 is 17.5 Å². The summed E-state index contributed by atoms with van der Waals surface area (Å²) in [6, 6.07) is 13.7. The average Bonchev–Trinajstić information content (AvgIpc) is 2.49. The van der Waals surface area contributed by atoms with Crippen molar-refractivity contribution < 1.29 is 14.7 Å². The second-order valence-corrected chi connectivity index (χ2v) is 4.99. The van der Waals surface area contributed by atoms with Gasteiger partial charge in [-0.05, 0) is 42.7 Å². The topological polar surface area (TPSA) is 92.4 Å². The van der Waals surface area contributed by atoms with Crippen LogP contribution in [0, 0.1) is 0 Å². The molecule has 0 saturated heterocycles. The van der Waals surface area contributed by atoms with Crippen molar-refractivity contribution in [1.29, 1.82) is 0 Å². The van der Waals surface area contributed by atoms with Gasteiger partial charge in [-0.15, -0.1) is 0 Å². The van der Waals surface area contributed by atoms with Crippen molar-refractivity contribution in [3.8, 4) is 5.75 Å². The molecule has 0 saturated carbocycles. The summed E-state index contributed by atoms with van der Waals surface area (Å²) in [5, 5.41) is 12.4. The molecule has 114 valence electrons. The maximum atomic E-state index is 12.0. The van der Waals surface area contributed by atoms with E-state index in [2.05, 4.69) is 5.32 Å². The van der Waals surface area contributed by atoms with Gasteiger partial charge in [-0.3, -0.25) is 9.59 Å². The highest BCUT2D eigenvalue weighted by Crippen LogP contribution is 2.18. The molecule has 0 heterocycles. The molecule has 0 unspecified atom stereocenters. The predicted octanol–water partition coefficient (Wildman–Crippen LogP) is 2.45. The molecule has 2 rings (SSSR count). The number of nitrogens with one attached hydrogen (secondary N) is 1. The smallest absolute Gasteiger partial charge is 0.259 e. The number of phenolic OH excluding ortho intramolecular Hbond substituents is 1. The van der Waals surface area contributed by atoms with Crippen LogP contribution in [0.15, 0.2) is 48.5 Å². The van der Waals surface area contributed by atoms with Crippen molar-refractivity contribution in [3.05, 3.63) is 59.7 Å². The molecule has 2 aromatic rings. The monoisotopic (exact) mass is 298 g/mol. The Bertz CT molecular complexity index is 666. The van der Waals surface area contributed by atoms with Crippen LogP contribution >= 0.6 is 0 Å². The molecule has 4 N–H and O–H groups in total. The normalized spacial score (nSPS) is 10.2. The Hall–Kier alpha value is -2.82. The lowest BCUT2D eigenvalue weighted by molar-refractivity contribution is -0.118. The number of aryl methyl sites for hydroxylation is 1. The molecule has 0 atom stereocenters. The van der Waals surface area contributed by atoms with Gasteiger partial charge in [0.1, 0.15) is 5.75 Å². The molecule has 0 aliphatic carbocycles. The van der Waals surface area contributed by atoms with Crippen molar-refractivity contribution in [3.63, 3.8) is 0 Å². The van der Waals surface area contributed by atoms with E-state index in [1.165, 1.54) is 6.07 Å². The summed E-state index contributed by atoms with van der Waals surface area (Å²) >= 11 is 0. The first kappa shape index (κ1) is 15.6. The Morgan fingerprint density at radius 1 is 1.05 bits per heavy atom. The molecule has 0 aromatic heterocycles. The third-order valence-corrected chi connectivity index (χ3v) is 3.25. The second kappa shape index (κ2) is 7.26. The van der Waals surface area contributed by atoms with Crippen LogP contribution in [0.4, 0.5) is 5.69 Å². The molecular formula is C17H18N2O3. The standard InChI is InChI=1S/C17H18N2O3/c18-16(21)7-3-4-12-8-10-13(11-9-12)19-17(22)14-5-1-2-6-15(14)20/h1-2,5-6,8-11,20H,3-4,7H2,(H2,18,21)(H,19,22). The maximum absolute atomic E-state index is 12.0. The van der Waals surface area contributed by atoms with Crippen LogP contribution in [-0.2, 0) is 11.2 Å². The molecule has 2 aromatic carbocycles. The van der Waals surface area contributed by atoms with Crippen molar-refractivity contribution in [2.45, 2.75) is 19.3 Å². The van der Waals surface area contributed by atoms with E-state index in [4.69, 9.17) is 5.73 Å². The van der Waals surface area contributed by atoms with Gasteiger partial charge in [0.05, 0.1) is 5.56 Å². The number of aromatic hydroxyl groups is 1. The fourth-order valence-corrected chi connectivity index (χ4v) is 2.09. The van der Waals surface area contributed by atoms with Gasteiger partial charge in [-0.1, -0.05) is 24.3 Å². The van der Waals surface area contributed by atoms with Crippen molar-refractivity contribution in [2.24, 2.45) is 5.73 Å². The van der Waals surface area contributed by atoms with Gasteiger partial charge in [0.2, 0.25) is 5.91 Å². The minimum atomic E-state index is -0.362. The Morgan fingerprint density at radius 2 is 1.73 bits per heavy atom. The van der Waals surface area contributed by atoms with Gasteiger partial charge < -0.3 is 16.2 Å². The number of primary amides is 1. The highest BCUT2D eigenvalue weighted by atomic mass is 16.3. The Kier molecular flexibility index (Phi) is 5.14. The van der Waals surface area contributed by atoms with Crippen LogP contribution in [0.3, 0.4) is 0 Å². The van der Waals surface area contributed by atoms with Crippen molar-refractivity contribution in [1.82, 2.24) is 0 Å². The van der Waals surface area contributed by atoms with Crippen LogP contribution in [0.25, 0.3) is 0 Å². The number of rotatable bonds is 6. The van der Waals surface area contributed by atoms with Crippen LogP contribution in [0.1, 0.15) is 28.8 Å². The van der Waals surface area contributed by atoms with E-state index in [-0.39, 0.29) is 23.1 Å². The van der Waals surface area contributed by atoms with Gasteiger partial charge in [0.25, 0.3) is 5.91 Å². The molecule has 0 fully saturated rings. The zero-order valence-corrected chi connectivity index (χ0v) is 12.1. The third-order valence-electron chi connectivity index (χ3n) is 3.25. The first-order valence-electron chi connectivity index (χ1n) is 7.03. The summed E-state index contributed by atoms with van der Waals surface area (Å²) in [7, 11) is 0. The Morgan fingerprint density at radius 3 is 2.36 bits per heavy atom. The number of hydrogen-bond donors (Lipinski definition) is 3. The van der Waals surface area contributed by atoms with Gasteiger partial charge in [0, 0.05) is 12.1 Å². The number of carbonyl (C=O) groups is 2. The van der Waals surface area contributed by atoms with Crippen molar-refractivity contribution in [2.75, 3.05) is 5.32 Å². The number of anilines is 1. The van der Waals surface area contributed by atoms with Crippen LogP contribution in [0.2, 0.25) is 0 Å². The number of benzene rings is 2. The molecule has 0 aliphatic heterocycles. The van der Waals surface area contributed by atoms with Crippen LogP contribution in [0.5, 0.6) is 5.75 Å². The van der Waals surface area contributed by atoms with Gasteiger partial charge in [0.15, 0.2) is 0 Å². The fraction of sp³-hybridized carbons (Fsp3) is 0.176. The van der Waals surface area contributed by atoms with E-state index in [9.17, 15) is 14.7 Å². The predicted molar refractivity (Wildman–Crippen MR) is 84.6 cm³/mol. The summed E-state index contributed by atoms with van der Waals surface area (Å²) in [6.07, 6.45) is 1.83. The van der Waals surface area contributed by atoms with Gasteiger partial charge in [-0.25, -0.2) is 0 Å². The van der Waals surface area contributed by atoms with E-state index in [1.54, 1.807) is 30.3 Å². The number of hydrogen-bond acceptors (Lipinski definition) is 3. The van der Waals surface area contributed by atoms with E-state index < -0.39 is 0 Å². The molecule has 0 aliphatic rings. The van der Waals surface area contributed by atoms with Crippen LogP contribution in [-0.4, -0.2) is 16.9 Å². The third kappa shape index (κ3) is 4.34. The average molecular weight is 298 g/mol. The van der Waals surface area contributed by atoms with E-state index >= 15 is 0 Å². The molecule has 5 heteroatoms. The minimum absolute atomic E-state index is 0.0527. The molecule has 0 bridgehead atoms. The quantitative estimate of drug-likeness (QED) is 0.764. The molecule has 0 radical (unpaired) electrons. The summed E-state index contributed by atoms with van der Waals surface area (Å²) in [4.78, 5) is 22.7. The molecule has 5 nitrogen and oxygen atoms in total. The zero-order chi connectivity index (χ0) is 15.9. The number of para-hydroxylation sites is 1. The summed E-state index contributed by atoms with van der Waals surface area (Å²) in [6.45, 7) is 0. The highest BCUT2D eigenvalue weighted by molar-refractivity contribution is 6.06. The molecule has 2 amide bonds. The van der Waals surface area contributed by atoms with E-state index in [0.717, 1.165) is 12.0 Å². The van der Waals surface area contributed by atoms with Gasteiger partial charge >= 0.3 is 0 Å². The number of carbonyl (C=O) groups excluding carboxylic acids is 2. The number of phenols is 1. The lowest BCUT2D eigenvalue weighted by atomic mass is 10.1. The Labute approximate surface area is 128 Å². The lowest BCUT2D eigenvalue weighted by Crippen LogP contribution is -2.12. The highest BCUT2D eigenvalue weighted by Gasteiger charge is 2.10. The zero-order valence-electron chi connectivity index (χ0n) is 12.1. The first-order valence-corrected chi connectivity index (χ1v) is 7.03. The SMILES string of the molecule is NC(=O)CCCc1ccc(NC(=O)c2ccccc2O)cc1. The summed E-state index contributed by atoms with van der Waals surface area (Å²) < 4.78 is 0. The Balaban J connectivity index is 1.95. The minimum Gasteiger partial charge on any atom is -0.507 e. The molecule has 22 heavy (non-hydrogen) atoms. The molecular weight excluding hydrogens is 280 g/mol. The number of amides is 2. The number of nitrogens with two attached hydrogens (primary N) is 1. The fourth-order valence-electron chi connectivity index (χ4n) is 2.09. The summed E-state index contributed by atoms with van der Waals surface area (Å²) in [5.41, 5.74) is 7.04. The van der Waals surface area contributed by atoms with Gasteiger partial charge in [-0.2, -0.15) is 0 Å². The van der Waals surface area contributed by atoms with E-state index in [0.29, 0.717) is 18.5 Å². The largest absolute Gasteiger partial charge is 0.507 e. The maximum Gasteiger partial charge on any atom is 0.259 e. The van der Waals surface area contributed by atoms with E-state index in [1.807, 2.05) is 12.1 Å². The summed E-state index contributed by atoms with van der Waals surface area (Å²) in [5.74, 6) is -0.714.